The molecule has 1 unspecified atom stereocenters. The van der Waals surface area contributed by atoms with Gasteiger partial charge in [0.05, 0.1) is 40.0 Å². The van der Waals surface area contributed by atoms with Crippen LogP contribution in [0.3, 0.4) is 0 Å². The molecule has 1 saturated heterocycles. The van der Waals surface area contributed by atoms with Crippen LogP contribution in [0.1, 0.15) is 62.7 Å². The van der Waals surface area contributed by atoms with Crippen molar-refractivity contribution in [3.8, 4) is 23.0 Å². The van der Waals surface area contributed by atoms with Crippen molar-refractivity contribution >= 4 is 11.9 Å². The number of ether oxygens (including phenoxy) is 4. The van der Waals surface area contributed by atoms with Gasteiger partial charge in [0.1, 0.15) is 23.1 Å². The van der Waals surface area contributed by atoms with E-state index in [9.17, 15) is 79.8 Å². The number of carboxylic acid groups (broad SMARTS) is 1. The van der Waals surface area contributed by atoms with Crippen LogP contribution in [0.2, 0.25) is 0 Å². The quantitative estimate of drug-likeness (QED) is 0.106. The summed E-state index contributed by atoms with van der Waals surface area (Å²) in [6.07, 6.45) is -19.2. The van der Waals surface area contributed by atoms with Crippen LogP contribution in [-0.4, -0.2) is 47.1 Å². The molecule has 1 aliphatic rings. The van der Waals surface area contributed by atoms with Gasteiger partial charge in [0.2, 0.25) is 0 Å². The van der Waals surface area contributed by atoms with E-state index < -0.39 is 123 Å². The van der Waals surface area contributed by atoms with Crippen LogP contribution in [0.25, 0.3) is 0 Å². The molecule has 1 aliphatic heterocycles. The molecule has 62 heavy (non-hydrogen) atoms. The van der Waals surface area contributed by atoms with E-state index in [-0.39, 0.29) is 90.2 Å². The zero-order valence-corrected chi connectivity index (χ0v) is 33.0. The summed E-state index contributed by atoms with van der Waals surface area (Å²) in [5, 5.41) is 17.1. The summed E-state index contributed by atoms with van der Waals surface area (Å²) in [5.41, 5.74) is -8.72. The fraction of sp³-hybridized carbons (Fsp3) is 0.278. The summed E-state index contributed by atoms with van der Waals surface area (Å²) < 4.78 is 227. The average molecular weight is 929 g/mol. The van der Waals surface area contributed by atoms with E-state index in [1.165, 1.54) is 6.92 Å². The number of aliphatic hydroxyl groups is 1. The number of esters is 1. The van der Waals surface area contributed by atoms with E-state index >= 15 is 0 Å². The van der Waals surface area contributed by atoms with Gasteiger partial charge in [0.25, 0.3) is 0 Å². The molecule has 0 bridgehead atoms. The second-order valence-electron chi connectivity index (χ2n) is 11.7. The van der Waals surface area contributed by atoms with Crippen LogP contribution >= 0.6 is 0 Å². The first-order chi connectivity index (χ1) is 27.5. The number of aliphatic hydroxyl groups excluding tert-OH is 1. The van der Waals surface area contributed by atoms with Crippen molar-refractivity contribution in [3.63, 3.8) is 0 Å². The van der Waals surface area contributed by atoms with Gasteiger partial charge in [-0.05, 0) is 61.9 Å². The molecule has 3 N–H and O–H groups in total. The molecule has 1 atom stereocenters. The second-order valence-corrected chi connectivity index (χ2v) is 11.7. The van der Waals surface area contributed by atoms with Gasteiger partial charge in [0.15, 0.2) is 29.4 Å². The maximum absolute atomic E-state index is 14.0. The molecule has 4 aromatic carbocycles. The smallest absolute Gasteiger partial charge is 0.870 e. The number of carbonyl (C=O) groups excluding carboxylic acids is 1. The topological polar surface area (TPSA) is 142 Å². The van der Waals surface area contributed by atoms with Gasteiger partial charge in [0, 0.05) is 25.2 Å². The zero-order valence-electron chi connectivity index (χ0n) is 31.0. The summed E-state index contributed by atoms with van der Waals surface area (Å²) in [6, 6.07) is 1.48. The van der Waals surface area contributed by atoms with Crippen molar-refractivity contribution in [3.05, 3.63) is 117 Å². The van der Waals surface area contributed by atoms with Gasteiger partial charge in [-0.3, -0.25) is 0 Å². The Hall–Kier alpha value is -4.82. The second kappa shape index (κ2) is 22.0. The van der Waals surface area contributed by atoms with Gasteiger partial charge in [-0.15, -0.1) is 0 Å². The SMILES string of the molecule is CCOC(=O)c1cc(F)c(Oc2cc(C(F)(F)F)cc(C(F)(F)F)c2)cc1F.O=C(O)c1cc(F)c(Oc2cc(C(F)(F)F)cc(C(F)(F)F)c2)cc1F.OC1CCCO1.[Na+].[OH-]. The van der Waals surface area contributed by atoms with Gasteiger partial charge in [-0.25, -0.2) is 27.2 Å². The predicted octanol–water partition coefficient (Wildman–Crippen LogP) is 8.41. The third kappa shape index (κ3) is 15.8. The van der Waals surface area contributed by atoms with Gasteiger partial charge in [-0.1, -0.05) is 0 Å². The minimum atomic E-state index is -5.16. The molecule has 4 aromatic rings. The van der Waals surface area contributed by atoms with E-state index in [0.717, 1.165) is 19.4 Å². The Bertz CT molecular complexity index is 2100. The minimum absolute atomic E-state index is 0. The molecule has 0 aliphatic carbocycles. The van der Waals surface area contributed by atoms with Gasteiger partial charge < -0.3 is 34.6 Å². The zero-order chi connectivity index (χ0) is 45.5. The Balaban J connectivity index is 0.000000530. The van der Waals surface area contributed by atoms with Crippen LogP contribution in [0.15, 0.2) is 60.7 Å². The van der Waals surface area contributed by atoms with E-state index in [1.54, 1.807) is 0 Å². The molecule has 336 valence electrons. The van der Waals surface area contributed by atoms with Crippen LogP contribution in [0, 0.1) is 23.3 Å². The third-order valence-electron chi connectivity index (χ3n) is 7.25. The van der Waals surface area contributed by atoms with Crippen LogP contribution in [-0.2, 0) is 34.2 Å². The predicted molar refractivity (Wildman–Crippen MR) is 172 cm³/mol. The number of carbonyl (C=O) groups is 2. The largest absolute Gasteiger partial charge is 1.00 e. The summed E-state index contributed by atoms with van der Waals surface area (Å²) in [6.45, 7) is 2.01. The van der Waals surface area contributed by atoms with Gasteiger partial charge >= 0.3 is 66.2 Å². The van der Waals surface area contributed by atoms with Crippen molar-refractivity contribution in [2.75, 3.05) is 13.2 Å². The monoisotopic (exact) mass is 928 g/mol. The molecule has 26 heteroatoms. The summed E-state index contributed by atoms with van der Waals surface area (Å²) in [4.78, 5) is 22.1. The Labute approximate surface area is 359 Å². The van der Waals surface area contributed by atoms with Crippen LogP contribution in [0.4, 0.5) is 70.2 Å². The van der Waals surface area contributed by atoms with E-state index in [4.69, 9.17) is 14.9 Å². The molecule has 0 aromatic heterocycles. The number of halogens is 16. The normalized spacial score (nSPS) is 13.9. The molecule has 9 nitrogen and oxygen atoms in total. The molecule has 1 fully saturated rings. The number of carboxylic acids is 1. The van der Waals surface area contributed by atoms with E-state index in [1.807, 2.05) is 0 Å². The number of hydrogen-bond acceptors (Lipinski definition) is 8. The maximum Gasteiger partial charge on any atom is 1.00 e. The Morgan fingerprint density at radius 1 is 0.613 bits per heavy atom. The fourth-order valence-corrected chi connectivity index (χ4v) is 4.53. The molecule has 0 spiro atoms. The molecule has 0 saturated carbocycles. The molecule has 5 rings (SSSR count). The average Bonchev–Trinajstić information content (AvgIpc) is 3.60. The summed E-state index contributed by atoms with van der Waals surface area (Å²) in [5.74, 6) is -12.9. The number of alkyl halides is 12. The van der Waals surface area contributed by atoms with Crippen LogP contribution in [0.5, 0.6) is 23.0 Å². The van der Waals surface area contributed by atoms with E-state index in [0.29, 0.717) is 12.1 Å². The van der Waals surface area contributed by atoms with Crippen molar-refractivity contribution in [2.45, 2.75) is 50.8 Å². The maximum atomic E-state index is 14.0. The minimum Gasteiger partial charge on any atom is -0.870 e. The summed E-state index contributed by atoms with van der Waals surface area (Å²) in [7, 11) is 0. The Kier molecular flexibility index (Phi) is 19.6. The molecule has 0 radical (unpaired) electrons. The Morgan fingerprint density at radius 2 is 0.968 bits per heavy atom. The fourth-order valence-electron chi connectivity index (χ4n) is 4.53. The van der Waals surface area contributed by atoms with Crippen molar-refractivity contribution < 1.29 is 144 Å². The van der Waals surface area contributed by atoms with Crippen molar-refractivity contribution in [1.29, 1.82) is 0 Å². The molecular formula is C36H25F16NaO9. The molecular weight excluding hydrogens is 903 g/mol. The summed E-state index contributed by atoms with van der Waals surface area (Å²) >= 11 is 0. The van der Waals surface area contributed by atoms with Gasteiger partial charge in [-0.2, -0.15) is 52.7 Å². The first-order valence-electron chi connectivity index (χ1n) is 16.1. The number of hydrogen-bond donors (Lipinski definition) is 2. The first kappa shape index (κ1) is 55.2. The first-order valence-corrected chi connectivity index (χ1v) is 16.1. The number of rotatable bonds is 7. The molecule has 0 amide bonds. The number of benzene rings is 4. The third-order valence-corrected chi connectivity index (χ3v) is 7.25. The van der Waals surface area contributed by atoms with E-state index in [2.05, 4.69) is 14.2 Å². The van der Waals surface area contributed by atoms with Crippen molar-refractivity contribution in [2.24, 2.45) is 0 Å². The number of aromatic carboxylic acids is 1. The standard InChI is InChI=1S/C17H10F8O3.C15H6F8O3.C4H8O2.Na.H2O/c1-2-27-15(26)11-6-13(19)14(7-12(11)18)28-10-4-8(16(20,21)22)3-9(5-10)17(23,24)25;16-10-5-12(11(17)4-9(10)13(24)25)26-8-2-6(14(18,19)20)1-7(3-8)15(21,22)23;5-4-2-1-3-6-4;;/h3-7H,2H2,1H3;1-5H,(H,24,25);4-5H,1-3H2;;1H2/q;;;+1;/p-1. The Morgan fingerprint density at radius 3 is 1.24 bits per heavy atom. The van der Waals surface area contributed by atoms with Crippen LogP contribution < -0.4 is 39.0 Å². The van der Waals surface area contributed by atoms with Crippen molar-refractivity contribution in [1.82, 2.24) is 0 Å². The molecule has 1 heterocycles.